The van der Waals surface area contributed by atoms with Crippen molar-refractivity contribution in [2.24, 2.45) is 0 Å². The topological polar surface area (TPSA) is 133 Å². The Labute approximate surface area is 261 Å². The lowest BCUT2D eigenvalue weighted by Crippen LogP contribution is -2.42. The molecule has 2 heterocycles. The molecule has 1 aliphatic heterocycles. The van der Waals surface area contributed by atoms with Gasteiger partial charge >= 0.3 is 24.3 Å². The third kappa shape index (κ3) is 8.39. The van der Waals surface area contributed by atoms with Gasteiger partial charge < -0.3 is 20.3 Å². The van der Waals surface area contributed by atoms with E-state index in [-0.39, 0.29) is 53.7 Å². The van der Waals surface area contributed by atoms with Crippen LogP contribution in [0.4, 0.5) is 32.0 Å². The number of anilines is 1. The summed E-state index contributed by atoms with van der Waals surface area (Å²) >= 11 is 7.14. The molecule has 1 aliphatic rings. The van der Waals surface area contributed by atoms with Crippen molar-refractivity contribution in [3.05, 3.63) is 69.1 Å². The minimum atomic E-state index is -5.11. The van der Waals surface area contributed by atoms with Crippen molar-refractivity contribution in [3.63, 3.8) is 0 Å². The number of halogens is 7. The predicted octanol–water partition coefficient (Wildman–Crippen LogP) is 6.67. The van der Waals surface area contributed by atoms with Crippen LogP contribution >= 0.6 is 22.9 Å². The molecule has 18 heteroatoms. The molecule has 0 saturated carbocycles. The summed E-state index contributed by atoms with van der Waals surface area (Å²) in [6.45, 7) is -0.901. The maximum Gasteiger partial charge on any atom is 0.416 e. The number of ether oxygens (including phenoxy) is 1. The molecule has 9 nitrogen and oxygen atoms in total. The first-order chi connectivity index (χ1) is 20.8. The summed E-state index contributed by atoms with van der Waals surface area (Å²) in [5.74, 6) is -4.01. The number of hydrogen-bond acceptors (Lipinski definition) is 7. The SMILES string of the molecule is O=C(O)COc1c(C(=O)O)sc(-c2cccc(NC3CCN(S(=O)(=O)Cc4cc(C(F)(F)F)cc(C(F)(F)F)c4)CC3)c2)c1Cl. The van der Waals surface area contributed by atoms with Gasteiger partial charge in [0.1, 0.15) is 5.02 Å². The molecule has 0 unspecified atom stereocenters. The summed E-state index contributed by atoms with van der Waals surface area (Å²) in [4.78, 5) is 22.6. The van der Waals surface area contributed by atoms with Gasteiger partial charge in [0.25, 0.3) is 0 Å². The van der Waals surface area contributed by atoms with Crippen LogP contribution in [-0.4, -0.2) is 60.6 Å². The highest BCUT2D eigenvalue weighted by atomic mass is 35.5. The Kier molecular flexibility index (Phi) is 9.96. The van der Waals surface area contributed by atoms with E-state index >= 15 is 0 Å². The molecular weight excluding hydrogens is 678 g/mol. The van der Waals surface area contributed by atoms with Gasteiger partial charge in [0.15, 0.2) is 17.2 Å². The number of aliphatic carboxylic acids is 1. The monoisotopic (exact) mass is 700 g/mol. The molecule has 1 aromatic heterocycles. The summed E-state index contributed by atoms with van der Waals surface area (Å²) in [5.41, 5.74) is -2.78. The predicted molar refractivity (Wildman–Crippen MR) is 152 cm³/mol. The largest absolute Gasteiger partial charge is 0.479 e. The summed E-state index contributed by atoms with van der Waals surface area (Å²) in [5, 5.41) is 21.5. The summed E-state index contributed by atoms with van der Waals surface area (Å²) in [6, 6.07) is 7.10. The van der Waals surface area contributed by atoms with E-state index in [2.05, 4.69) is 5.32 Å². The van der Waals surface area contributed by atoms with Gasteiger partial charge in [-0.1, -0.05) is 23.7 Å². The molecule has 1 fully saturated rings. The standard InChI is InChI=1S/C27H23ClF6N2O7S2/c28-21-22(43-12-20(37)38)24(25(39)40)44-23(21)15-2-1-3-19(10-15)35-18-4-6-36(7-5-18)45(41,42)13-14-8-16(26(29,30)31)11-17(9-14)27(32,33)34/h1-3,8-11,18,35H,4-7,12-13H2,(H,37,38)(H,39,40). The average Bonchev–Trinajstić information content (AvgIpc) is 3.27. The van der Waals surface area contributed by atoms with Crippen molar-refractivity contribution < 1.29 is 59.3 Å². The first-order valence-electron chi connectivity index (χ1n) is 12.9. The van der Waals surface area contributed by atoms with Crippen molar-refractivity contribution in [2.75, 3.05) is 25.0 Å². The molecule has 3 aromatic rings. The molecule has 45 heavy (non-hydrogen) atoms. The molecule has 1 saturated heterocycles. The van der Waals surface area contributed by atoms with Crippen molar-refractivity contribution in [3.8, 4) is 16.2 Å². The number of carboxylic acids is 2. The van der Waals surface area contributed by atoms with Crippen LogP contribution in [0.25, 0.3) is 10.4 Å². The molecule has 0 bridgehead atoms. The molecular formula is C27H23ClF6N2O7S2. The van der Waals surface area contributed by atoms with Crippen LogP contribution in [0.15, 0.2) is 42.5 Å². The highest BCUT2D eigenvalue weighted by molar-refractivity contribution is 7.88. The van der Waals surface area contributed by atoms with E-state index in [1.165, 1.54) is 0 Å². The number of alkyl halides is 6. The third-order valence-corrected chi connectivity index (χ3v) is 10.2. The van der Waals surface area contributed by atoms with E-state index in [0.717, 1.165) is 15.6 Å². The number of carboxylic acid groups (broad SMARTS) is 2. The number of nitrogens with zero attached hydrogens (tertiary/aromatic N) is 1. The minimum absolute atomic E-state index is 0.0478. The van der Waals surface area contributed by atoms with E-state index in [0.29, 0.717) is 28.3 Å². The Bertz CT molecular complexity index is 1670. The first kappa shape index (κ1) is 34.3. The molecule has 4 rings (SSSR count). The highest BCUT2D eigenvalue weighted by Crippen LogP contribution is 2.46. The van der Waals surface area contributed by atoms with E-state index in [1.54, 1.807) is 24.3 Å². The van der Waals surface area contributed by atoms with Gasteiger partial charge in [-0.15, -0.1) is 11.3 Å². The van der Waals surface area contributed by atoms with Gasteiger partial charge in [-0.2, -0.15) is 26.3 Å². The number of carbonyl (C=O) groups is 2. The van der Waals surface area contributed by atoms with Crippen molar-refractivity contribution >= 4 is 50.6 Å². The maximum atomic E-state index is 13.2. The lowest BCUT2D eigenvalue weighted by atomic mass is 10.1. The van der Waals surface area contributed by atoms with Crippen LogP contribution < -0.4 is 10.1 Å². The van der Waals surface area contributed by atoms with Crippen LogP contribution in [0, 0.1) is 0 Å². The number of aromatic carboxylic acids is 1. The number of hydrogen-bond donors (Lipinski definition) is 3. The van der Waals surface area contributed by atoms with E-state index in [9.17, 15) is 49.5 Å². The van der Waals surface area contributed by atoms with E-state index in [1.807, 2.05) is 0 Å². The molecule has 2 aromatic carbocycles. The number of benzene rings is 2. The normalized spacial score (nSPS) is 15.2. The molecule has 0 atom stereocenters. The van der Waals surface area contributed by atoms with Crippen LogP contribution in [0.3, 0.4) is 0 Å². The van der Waals surface area contributed by atoms with Gasteiger partial charge in [-0.3, -0.25) is 0 Å². The van der Waals surface area contributed by atoms with E-state index in [4.69, 9.17) is 21.4 Å². The number of thiophene rings is 1. The number of nitrogens with one attached hydrogen (secondary N) is 1. The fourth-order valence-electron chi connectivity index (χ4n) is 4.65. The average molecular weight is 701 g/mol. The second-order valence-electron chi connectivity index (χ2n) is 9.96. The minimum Gasteiger partial charge on any atom is -0.479 e. The Hall–Kier alpha value is -3.54. The van der Waals surface area contributed by atoms with Crippen LogP contribution in [0.5, 0.6) is 5.75 Å². The number of sulfonamides is 1. The van der Waals surface area contributed by atoms with Crippen LogP contribution in [-0.2, 0) is 32.9 Å². The molecule has 244 valence electrons. The molecule has 0 aliphatic carbocycles. The Morgan fingerprint density at radius 2 is 1.60 bits per heavy atom. The van der Waals surface area contributed by atoms with Crippen molar-refractivity contribution in [1.29, 1.82) is 0 Å². The Balaban J connectivity index is 1.45. The number of piperidine rings is 1. The lowest BCUT2D eigenvalue weighted by molar-refractivity contribution is -0.143. The van der Waals surface area contributed by atoms with Gasteiger partial charge in [0, 0.05) is 24.8 Å². The number of rotatable bonds is 10. The van der Waals surface area contributed by atoms with Gasteiger partial charge in [-0.05, 0) is 54.3 Å². The second-order valence-corrected chi connectivity index (χ2v) is 13.3. The Morgan fingerprint density at radius 1 is 1.00 bits per heavy atom. The zero-order valence-electron chi connectivity index (χ0n) is 22.7. The fraction of sp³-hybridized carbons (Fsp3) is 0.333. The molecule has 0 spiro atoms. The van der Waals surface area contributed by atoms with Crippen molar-refractivity contribution in [2.45, 2.75) is 37.0 Å². The molecule has 3 N–H and O–H groups in total. The van der Waals surface area contributed by atoms with Crippen LogP contribution in [0.2, 0.25) is 5.02 Å². The third-order valence-electron chi connectivity index (χ3n) is 6.68. The summed E-state index contributed by atoms with van der Waals surface area (Å²) in [6.07, 6.45) is -9.69. The van der Waals surface area contributed by atoms with E-state index < -0.39 is 63.4 Å². The lowest BCUT2D eigenvalue weighted by Gasteiger charge is -2.32. The van der Waals surface area contributed by atoms with Crippen molar-refractivity contribution in [1.82, 2.24) is 4.31 Å². The summed E-state index contributed by atoms with van der Waals surface area (Å²) < 4.78 is 111. The quantitative estimate of drug-likeness (QED) is 0.200. The summed E-state index contributed by atoms with van der Waals surface area (Å²) in [7, 11) is -4.26. The second kappa shape index (κ2) is 13.1. The van der Waals surface area contributed by atoms with Gasteiger partial charge in [-0.25, -0.2) is 22.3 Å². The zero-order chi connectivity index (χ0) is 33.3. The maximum absolute atomic E-state index is 13.2. The molecule has 0 amide bonds. The zero-order valence-corrected chi connectivity index (χ0v) is 25.1. The highest BCUT2D eigenvalue weighted by Gasteiger charge is 2.38. The van der Waals surface area contributed by atoms with Crippen LogP contribution in [0.1, 0.15) is 39.2 Å². The van der Waals surface area contributed by atoms with Gasteiger partial charge in [0.05, 0.1) is 21.8 Å². The smallest absolute Gasteiger partial charge is 0.416 e. The Morgan fingerprint density at radius 3 is 2.13 bits per heavy atom. The van der Waals surface area contributed by atoms with Gasteiger partial charge in [0.2, 0.25) is 10.0 Å². The fourth-order valence-corrected chi connectivity index (χ4v) is 7.59. The molecule has 0 radical (unpaired) electrons. The first-order valence-corrected chi connectivity index (χ1v) is 15.7.